The molecule has 0 N–H and O–H groups in total. The minimum atomic E-state index is 0.866. The Morgan fingerprint density at radius 3 is 1.75 bits per heavy atom. The summed E-state index contributed by atoms with van der Waals surface area (Å²) >= 11 is 0. The highest BCUT2D eigenvalue weighted by atomic mass is 15.2. The minimum Gasteiger partial charge on any atom is -0.304 e. The summed E-state index contributed by atoms with van der Waals surface area (Å²) in [6.45, 7) is 7.56. The fraction of sp³-hybridized carbons (Fsp3) is 1.00. The van der Waals surface area contributed by atoms with Gasteiger partial charge in [0.25, 0.3) is 0 Å². The second-order valence-corrected chi connectivity index (χ2v) is 2.12. The van der Waals surface area contributed by atoms with Crippen LogP contribution >= 0.6 is 0 Å². The first-order chi connectivity index (χ1) is 3.80. The van der Waals surface area contributed by atoms with Gasteiger partial charge < -0.3 is 4.90 Å². The van der Waals surface area contributed by atoms with E-state index in [2.05, 4.69) is 18.9 Å². The predicted octanol–water partition coefficient (Wildman–Crippen LogP) is 1.74. The fourth-order valence-corrected chi connectivity index (χ4v) is 0.645. The van der Waals surface area contributed by atoms with E-state index in [1.807, 2.05) is 13.8 Å². The lowest BCUT2D eigenvalue weighted by atomic mass is 10.1. The van der Waals surface area contributed by atoms with Crippen molar-refractivity contribution in [1.82, 2.24) is 4.90 Å². The Labute approximate surface area is 52.7 Å². The molecule has 0 saturated carbocycles. The Bertz CT molecular complexity index is 44.3. The molecule has 1 fully saturated rings. The molecule has 0 amide bonds. The first-order valence-electron chi connectivity index (χ1n) is 3.51. The van der Waals surface area contributed by atoms with Crippen LogP contribution in [0.1, 0.15) is 27.2 Å². The van der Waals surface area contributed by atoms with Crippen LogP contribution in [-0.4, -0.2) is 24.5 Å². The lowest BCUT2D eigenvalue weighted by Gasteiger charge is -2.34. The summed E-state index contributed by atoms with van der Waals surface area (Å²) in [7, 11) is 2.16. The first kappa shape index (κ1) is 7.96. The average molecular weight is 115 g/mol. The smallest absolute Gasteiger partial charge is 0.00760 e. The molecular formula is C7H17N. The number of rotatable bonds is 0. The van der Waals surface area contributed by atoms with Gasteiger partial charge in [-0.1, -0.05) is 13.8 Å². The van der Waals surface area contributed by atoms with Gasteiger partial charge in [0.2, 0.25) is 0 Å². The third-order valence-corrected chi connectivity index (χ3v) is 1.65. The largest absolute Gasteiger partial charge is 0.304 e. The zero-order valence-corrected chi connectivity index (χ0v) is 6.44. The normalized spacial score (nSPS) is 27.8. The maximum atomic E-state index is 2.35. The Balaban J connectivity index is 0.000000222. The van der Waals surface area contributed by atoms with Crippen molar-refractivity contribution in [2.45, 2.75) is 33.2 Å². The Morgan fingerprint density at radius 1 is 1.38 bits per heavy atom. The van der Waals surface area contributed by atoms with Gasteiger partial charge >= 0.3 is 0 Å². The van der Waals surface area contributed by atoms with Crippen LogP contribution in [0.3, 0.4) is 0 Å². The standard InChI is InChI=1S/C5H11N.C2H6/c1-5-3-4-6(5)2;1-2/h5H,3-4H2,1-2H3;1-2H3/t5-;/m1./s1. The van der Waals surface area contributed by atoms with Crippen molar-refractivity contribution in [3.8, 4) is 0 Å². The van der Waals surface area contributed by atoms with Crippen molar-refractivity contribution in [3.63, 3.8) is 0 Å². The summed E-state index contributed by atoms with van der Waals surface area (Å²) in [6, 6.07) is 0.866. The predicted molar refractivity (Wildman–Crippen MR) is 38.1 cm³/mol. The van der Waals surface area contributed by atoms with Crippen LogP contribution in [0.15, 0.2) is 0 Å². The van der Waals surface area contributed by atoms with E-state index in [9.17, 15) is 0 Å². The summed E-state index contributed by atoms with van der Waals surface area (Å²) in [4.78, 5) is 2.35. The quantitative estimate of drug-likeness (QED) is 0.465. The van der Waals surface area contributed by atoms with Crippen LogP contribution < -0.4 is 0 Å². The summed E-state index contributed by atoms with van der Waals surface area (Å²) < 4.78 is 0. The average Bonchev–Trinajstić information content (AvgIpc) is 1.88. The van der Waals surface area contributed by atoms with E-state index in [1.54, 1.807) is 0 Å². The van der Waals surface area contributed by atoms with Crippen LogP contribution in [-0.2, 0) is 0 Å². The molecule has 8 heavy (non-hydrogen) atoms. The van der Waals surface area contributed by atoms with Gasteiger partial charge in [-0.3, -0.25) is 0 Å². The van der Waals surface area contributed by atoms with E-state index in [4.69, 9.17) is 0 Å². The van der Waals surface area contributed by atoms with E-state index in [1.165, 1.54) is 13.0 Å². The number of hydrogen-bond donors (Lipinski definition) is 0. The molecule has 1 nitrogen and oxygen atoms in total. The highest BCUT2D eigenvalue weighted by Crippen LogP contribution is 2.11. The van der Waals surface area contributed by atoms with Gasteiger partial charge in [0.15, 0.2) is 0 Å². The molecule has 1 heteroatoms. The molecule has 1 aliphatic heterocycles. The summed E-state index contributed by atoms with van der Waals surface area (Å²) in [5.74, 6) is 0. The Hall–Kier alpha value is -0.0400. The molecule has 1 rings (SSSR count). The zero-order valence-electron chi connectivity index (χ0n) is 6.44. The molecule has 50 valence electrons. The highest BCUT2D eigenvalue weighted by molar-refractivity contribution is 4.73. The van der Waals surface area contributed by atoms with E-state index in [0.29, 0.717) is 0 Å². The molecule has 0 radical (unpaired) electrons. The molecule has 0 aromatic rings. The molecular weight excluding hydrogens is 98.1 g/mol. The van der Waals surface area contributed by atoms with Gasteiger partial charge in [0, 0.05) is 6.04 Å². The third-order valence-electron chi connectivity index (χ3n) is 1.65. The SMILES string of the molecule is CC.C[C@@H]1CCN1C. The van der Waals surface area contributed by atoms with Gasteiger partial charge in [0.1, 0.15) is 0 Å². The van der Waals surface area contributed by atoms with Crippen LogP contribution in [0.4, 0.5) is 0 Å². The lowest BCUT2D eigenvalue weighted by molar-refractivity contribution is 0.143. The third kappa shape index (κ3) is 1.83. The summed E-state index contributed by atoms with van der Waals surface area (Å²) in [6.07, 6.45) is 1.40. The monoisotopic (exact) mass is 115 g/mol. The van der Waals surface area contributed by atoms with E-state index in [0.717, 1.165) is 6.04 Å². The molecule has 0 aromatic carbocycles. The van der Waals surface area contributed by atoms with Crippen LogP contribution in [0, 0.1) is 0 Å². The maximum Gasteiger partial charge on any atom is 0.00760 e. The van der Waals surface area contributed by atoms with Crippen molar-refractivity contribution >= 4 is 0 Å². The maximum absolute atomic E-state index is 2.35. The zero-order chi connectivity index (χ0) is 6.57. The van der Waals surface area contributed by atoms with Gasteiger partial charge in [-0.15, -0.1) is 0 Å². The molecule has 0 aliphatic carbocycles. The first-order valence-corrected chi connectivity index (χ1v) is 3.51. The molecule has 1 heterocycles. The molecule has 1 aliphatic rings. The molecule has 0 unspecified atom stereocenters. The van der Waals surface area contributed by atoms with E-state index in [-0.39, 0.29) is 0 Å². The number of likely N-dealkylation sites (tertiary alicyclic amines) is 1. The van der Waals surface area contributed by atoms with Crippen LogP contribution in [0.5, 0.6) is 0 Å². The van der Waals surface area contributed by atoms with Gasteiger partial charge in [-0.25, -0.2) is 0 Å². The van der Waals surface area contributed by atoms with E-state index >= 15 is 0 Å². The molecule has 0 aromatic heterocycles. The van der Waals surface area contributed by atoms with Crippen molar-refractivity contribution < 1.29 is 0 Å². The molecule has 1 atom stereocenters. The minimum absolute atomic E-state index is 0.866. The van der Waals surface area contributed by atoms with E-state index < -0.39 is 0 Å². The van der Waals surface area contributed by atoms with Gasteiger partial charge in [-0.05, 0) is 26.9 Å². The number of nitrogens with zero attached hydrogens (tertiary/aromatic N) is 1. The Kier molecular flexibility index (Phi) is 3.88. The Morgan fingerprint density at radius 2 is 1.75 bits per heavy atom. The summed E-state index contributed by atoms with van der Waals surface area (Å²) in [5.41, 5.74) is 0. The van der Waals surface area contributed by atoms with Crippen LogP contribution in [0.25, 0.3) is 0 Å². The lowest BCUT2D eigenvalue weighted by Crippen LogP contribution is -2.41. The molecule has 0 bridgehead atoms. The highest BCUT2D eigenvalue weighted by Gasteiger charge is 2.17. The second-order valence-electron chi connectivity index (χ2n) is 2.12. The number of hydrogen-bond acceptors (Lipinski definition) is 1. The van der Waals surface area contributed by atoms with Crippen LogP contribution in [0.2, 0.25) is 0 Å². The second kappa shape index (κ2) is 3.90. The fourth-order valence-electron chi connectivity index (χ4n) is 0.645. The van der Waals surface area contributed by atoms with Crippen molar-refractivity contribution in [3.05, 3.63) is 0 Å². The topological polar surface area (TPSA) is 3.24 Å². The van der Waals surface area contributed by atoms with Crippen molar-refractivity contribution in [1.29, 1.82) is 0 Å². The van der Waals surface area contributed by atoms with Crippen molar-refractivity contribution in [2.75, 3.05) is 13.6 Å². The molecule has 0 spiro atoms. The summed E-state index contributed by atoms with van der Waals surface area (Å²) in [5, 5.41) is 0. The van der Waals surface area contributed by atoms with Gasteiger partial charge in [-0.2, -0.15) is 0 Å². The van der Waals surface area contributed by atoms with Gasteiger partial charge in [0.05, 0.1) is 0 Å². The van der Waals surface area contributed by atoms with Crippen molar-refractivity contribution in [2.24, 2.45) is 0 Å². The molecule has 1 saturated heterocycles.